The van der Waals surface area contributed by atoms with E-state index in [9.17, 15) is 14.7 Å². The Morgan fingerprint density at radius 3 is 2.78 bits per heavy atom. The first-order valence-corrected chi connectivity index (χ1v) is 9.83. The third-order valence-corrected chi connectivity index (χ3v) is 5.73. The van der Waals surface area contributed by atoms with Crippen LogP contribution in [0.1, 0.15) is 47.0 Å². The van der Waals surface area contributed by atoms with E-state index in [1.165, 1.54) is 11.3 Å². The van der Waals surface area contributed by atoms with Gasteiger partial charge in [0, 0.05) is 6.54 Å². The molecule has 2 heterocycles. The number of nitrogens with one attached hydrogen (secondary N) is 1. The summed E-state index contributed by atoms with van der Waals surface area (Å²) >= 11 is 1.19. The molecule has 0 saturated carbocycles. The van der Waals surface area contributed by atoms with Crippen molar-refractivity contribution in [1.82, 2.24) is 9.55 Å². The van der Waals surface area contributed by atoms with Crippen molar-refractivity contribution in [3.05, 3.63) is 50.9 Å². The lowest BCUT2D eigenvalue weighted by Crippen LogP contribution is -2.20. The van der Waals surface area contributed by atoms with Gasteiger partial charge in [0.2, 0.25) is 0 Å². The van der Waals surface area contributed by atoms with Gasteiger partial charge >= 0.3 is 0 Å². The zero-order valence-corrected chi connectivity index (χ0v) is 16.5. The van der Waals surface area contributed by atoms with Crippen LogP contribution in [0, 0.1) is 13.8 Å². The maximum atomic E-state index is 12.8. The van der Waals surface area contributed by atoms with Crippen LogP contribution < -0.4 is 10.9 Å². The van der Waals surface area contributed by atoms with Crippen molar-refractivity contribution in [3.63, 3.8) is 0 Å². The van der Waals surface area contributed by atoms with Crippen LogP contribution in [0.25, 0.3) is 10.2 Å². The van der Waals surface area contributed by atoms with Crippen molar-refractivity contribution in [1.29, 1.82) is 0 Å². The number of rotatable bonds is 6. The van der Waals surface area contributed by atoms with E-state index in [2.05, 4.69) is 17.2 Å². The minimum atomic E-state index is -0.355. The molecule has 0 aliphatic heterocycles. The number of anilines is 1. The van der Waals surface area contributed by atoms with Crippen molar-refractivity contribution < 1.29 is 9.90 Å². The number of phenols is 1. The lowest BCUT2D eigenvalue weighted by molar-refractivity contribution is 0.102. The lowest BCUT2D eigenvalue weighted by Gasteiger charge is -2.07. The van der Waals surface area contributed by atoms with E-state index in [1.807, 2.05) is 13.0 Å². The number of hydrogen-bond acceptors (Lipinski definition) is 5. The number of hydrogen-bond donors (Lipinski definition) is 2. The van der Waals surface area contributed by atoms with Crippen molar-refractivity contribution in [2.75, 3.05) is 5.32 Å². The number of aromatic nitrogens is 2. The molecule has 0 radical (unpaired) electrons. The number of unbranched alkanes of at least 4 members (excludes halogenated alkanes) is 2. The normalized spacial score (nSPS) is 11.1. The summed E-state index contributed by atoms with van der Waals surface area (Å²) in [5, 5.41) is 13.2. The number of carbonyl (C=O) groups is 1. The predicted molar refractivity (Wildman–Crippen MR) is 109 cm³/mol. The van der Waals surface area contributed by atoms with Crippen LogP contribution in [0.3, 0.4) is 0 Å². The molecular weight excluding hydrogens is 362 g/mol. The van der Waals surface area contributed by atoms with Gasteiger partial charge in [0.05, 0.1) is 22.3 Å². The number of fused-ring (bicyclic) bond motifs is 1. The Morgan fingerprint density at radius 2 is 2.07 bits per heavy atom. The first-order valence-electron chi connectivity index (χ1n) is 9.02. The van der Waals surface area contributed by atoms with E-state index >= 15 is 0 Å². The zero-order valence-electron chi connectivity index (χ0n) is 15.7. The van der Waals surface area contributed by atoms with Crippen LogP contribution in [0.5, 0.6) is 5.75 Å². The van der Waals surface area contributed by atoms with Gasteiger partial charge < -0.3 is 10.4 Å². The van der Waals surface area contributed by atoms with Crippen LogP contribution in [-0.2, 0) is 6.54 Å². The number of carbonyl (C=O) groups excluding carboxylic acids is 1. The Bertz CT molecular complexity index is 1050. The van der Waals surface area contributed by atoms with Crippen molar-refractivity contribution >= 4 is 33.1 Å². The summed E-state index contributed by atoms with van der Waals surface area (Å²) in [4.78, 5) is 30.8. The smallest absolute Gasteiger partial charge is 0.266 e. The van der Waals surface area contributed by atoms with Gasteiger partial charge in [-0.3, -0.25) is 14.2 Å². The first-order chi connectivity index (χ1) is 12.9. The highest BCUT2D eigenvalue weighted by Gasteiger charge is 2.20. The highest BCUT2D eigenvalue weighted by molar-refractivity contribution is 7.20. The average Bonchev–Trinajstić information content (AvgIpc) is 2.97. The zero-order chi connectivity index (χ0) is 19.6. The maximum absolute atomic E-state index is 12.8. The average molecular weight is 385 g/mol. The lowest BCUT2D eigenvalue weighted by atomic mass is 10.2. The first kappa shape index (κ1) is 19.1. The molecule has 0 atom stereocenters. The molecule has 27 heavy (non-hydrogen) atoms. The van der Waals surface area contributed by atoms with Gasteiger partial charge in [-0.2, -0.15) is 0 Å². The van der Waals surface area contributed by atoms with E-state index < -0.39 is 0 Å². The van der Waals surface area contributed by atoms with Crippen LogP contribution >= 0.6 is 11.3 Å². The second-order valence-electron chi connectivity index (χ2n) is 6.66. The molecule has 1 aromatic carbocycles. The number of nitrogens with zero attached hydrogens (tertiary/aromatic N) is 2. The second-order valence-corrected chi connectivity index (χ2v) is 7.66. The molecule has 142 valence electrons. The SMILES string of the molecule is CCCCCn1cnc2sc(C(=O)Nc3ccc(C)cc3O)c(C)c2c1=O. The molecule has 0 fully saturated rings. The van der Waals surface area contributed by atoms with Gasteiger partial charge in [0.1, 0.15) is 10.6 Å². The van der Waals surface area contributed by atoms with Gasteiger partial charge in [-0.1, -0.05) is 25.8 Å². The second kappa shape index (κ2) is 7.92. The molecule has 3 aromatic rings. The third kappa shape index (κ3) is 3.88. The maximum Gasteiger partial charge on any atom is 0.266 e. The van der Waals surface area contributed by atoms with Gasteiger partial charge in [0.15, 0.2) is 0 Å². The number of benzene rings is 1. The van der Waals surface area contributed by atoms with Gasteiger partial charge in [-0.25, -0.2) is 4.98 Å². The van der Waals surface area contributed by atoms with Crippen LogP contribution in [0.4, 0.5) is 5.69 Å². The summed E-state index contributed by atoms with van der Waals surface area (Å²) in [6.07, 6.45) is 4.62. The van der Waals surface area contributed by atoms with E-state index in [1.54, 1.807) is 30.0 Å². The van der Waals surface area contributed by atoms with E-state index in [-0.39, 0.29) is 17.2 Å². The number of amides is 1. The molecule has 0 aliphatic rings. The molecule has 7 heteroatoms. The molecule has 0 spiro atoms. The molecule has 2 aromatic heterocycles. The van der Waals surface area contributed by atoms with Crippen molar-refractivity contribution in [2.45, 2.75) is 46.6 Å². The Morgan fingerprint density at radius 1 is 1.30 bits per heavy atom. The summed E-state index contributed by atoms with van der Waals surface area (Å²) in [5.41, 5.74) is 1.76. The fraction of sp³-hybridized carbons (Fsp3) is 0.350. The van der Waals surface area contributed by atoms with Crippen LogP contribution in [-0.4, -0.2) is 20.6 Å². The number of phenolic OH excluding ortho intramolecular Hbond substituents is 1. The largest absolute Gasteiger partial charge is 0.506 e. The molecule has 2 N–H and O–H groups in total. The van der Waals surface area contributed by atoms with Gasteiger partial charge in [-0.15, -0.1) is 11.3 Å². The molecule has 6 nitrogen and oxygen atoms in total. The topological polar surface area (TPSA) is 84.2 Å². The summed E-state index contributed by atoms with van der Waals surface area (Å²) in [6.45, 7) is 6.37. The fourth-order valence-electron chi connectivity index (χ4n) is 2.99. The van der Waals surface area contributed by atoms with E-state index in [0.717, 1.165) is 24.8 Å². The Kier molecular flexibility index (Phi) is 5.60. The highest BCUT2D eigenvalue weighted by atomic mass is 32.1. The minimum Gasteiger partial charge on any atom is -0.506 e. The van der Waals surface area contributed by atoms with Gasteiger partial charge in [0.25, 0.3) is 11.5 Å². The van der Waals surface area contributed by atoms with Crippen molar-refractivity contribution in [2.24, 2.45) is 0 Å². The summed E-state index contributed by atoms with van der Waals surface area (Å²) in [6, 6.07) is 5.05. The monoisotopic (exact) mass is 385 g/mol. The standard InChI is InChI=1S/C20H23N3O3S/c1-4-5-6-9-23-11-21-19-16(20(23)26)13(3)17(27-19)18(25)22-14-8-7-12(2)10-15(14)24/h7-8,10-11,24H,4-6,9H2,1-3H3,(H,22,25). The van der Waals surface area contributed by atoms with E-state index in [4.69, 9.17) is 0 Å². The Balaban J connectivity index is 1.93. The number of aromatic hydroxyl groups is 1. The van der Waals surface area contributed by atoms with E-state index in [0.29, 0.717) is 32.9 Å². The molecule has 0 unspecified atom stereocenters. The van der Waals surface area contributed by atoms with Crippen LogP contribution in [0.15, 0.2) is 29.3 Å². The molecule has 0 aliphatic carbocycles. The van der Waals surface area contributed by atoms with Crippen LogP contribution in [0.2, 0.25) is 0 Å². The molecule has 1 amide bonds. The highest BCUT2D eigenvalue weighted by Crippen LogP contribution is 2.29. The van der Waals surface area contributed by atoms with Crippen molar-refractivity contribution in [3.8, 4) is 5.75 Å². The Labute approximate surface area is 161 Å². The number of thiophene rings is 1. The summed E-state index contributed by atoms with van der Waals surface area (Å²) in [5.74, 6) is -0.342. The third-order valence-electron chi connectivity index (χ3n) is 4.53. The number of aryl methyl sites for hydroxylation is 3. The Hall–Kier alpha value is -2.67. The molecular formula is C20H23N3O3S. The molecule has 0 saturated heterocycles. The summed E-state index contributed by atoms with van der Waals surface area (Å²) < 4.78 is 1.62. The fourth-order valence-corrected chi connectivity index (χ4v) is 4.03. The van der Waals surface area contributed by atoms with Gasteiger partial charge in [-0.05, 0) is 43.5 Å². The minimum absolute atomic E-state index is 0.0125. The predicted octanol–water partition coefficient (Wildman–Crippen LogP) is 4.22. The molecule has 3 rings (SSSR count). The summed E-state index contributed by atoms with van der Waals surface area (Å²) in [7, 11) is 0. The molecule has 0 bridgehead atoms. The quantitative estimate of drug-likeness (QED) is 0.491.